The van der Waals surface area contributed by atoms with Gasteiger partial charge in [-0.3, -0.25) is 14.4 Å². The molecule has 2 aromatic rings. The van der Waals surface area contributed by atoms with E-state index in [1.54, 1.807) is 24.3 Å². The number of carboxylic acid groups (broad SMARTS) is 1. The SMILES string of the molecule is O=C(O)C1CCCN(C(=O)c2ccc(=O)n(-c3ccccc3)n2)C1. The van der Waals surface area contributed by atoms with Crippen LogP contribution in [0.3, 0.4) is 0 Å². The van der Waals surface area contributed by atoms with Gasteiger partial charge in [0.2, 0.25) is 0 Å². The van der Waals surface area contributed by atoms with Crippen molar-refractivity contribution >= 4 is 11.9 Å². The summed E-state index contributed by atoms with van der Waals surface area (Å²) >= 11 is 0. The first kappa shape index (κ1) is 15.9. The van der Waals surface area contributed by atoms with Gasteiger partial charge in [0.15, 0.2) is 0 Å². The van der Waals surface area contributed by atoms with Crippen LogP contribution in [0, 0.1) is 5.92 Å². The maximum atomic E-state index is 12.6. The minimum absolute atomic E-state index is 0.129. The fraction of sp³-hybridized carbons (Fsp3) is 0.294. The number of carboxylic acids is 1. The molecule has 1 aromatic carbocycles. The van der Waals surface area contributed by atoms with Gasteiger partial charge < -0.3 is 10.0 Å². The van der Waals surface area contributed by atoms with Crippen LogP contribution in [0.2, 0.25) is 0 Å². The van der Waals surface area contributed by atoms with E-state index in [0.717, 1.165) is 0 Å². The molecule has 7 heteroatoms. The van der Waals surface area contributed by atoms with Crippen molar-refractivity contribution in [2.24, 2.45) is 5.92 Å². The highest BCUT2D eigenvalue weighted by atomic mass is 16.4. The molecule has 124 valence electrons. The van der Waals surface area contributed by atoms with E-state index in [1.165, 1.54) is 21.7 Å². The number of rotatable bonds is 3. The van der Waals surface area contributed by atoms with E-state index in [4.69, 9.17) is 5.11 Å². The zero-order valence-electron chi connectivity index (χ0n) is 13.0. The third-order valence-corrected chi connectivity index (χ3v) is 4.08. The number of aliphatic carboxylic acids is 1. The molecule has 2 heterocycles. The lowest BCUT2D eigenvalue weighted by Crippen LogP contribution is -2.43. The Labute approximate surface area is 138 Å². The molecule has 1 atom stereocenters. The average molecular weight is 327 g/mol. The van der Waals surface area contributed by atoms with Crippen LogP contribution in [0.4, 0.5) is 0 Å². The third-order valence-electron chi connectivity index (χ3n) is 4.08. The van der Waals surface area contributed by atoms with E-state index in [9.17, 15) is 14.4 Å². The third kappa shape index (κ3) is 3.19. The molecule has 1 saturated heterocycles. The summed E-state index contributed by atoms with van der Waals surface area (Å²) < 4.78 is 1.17. The number of amides is 1. The van der Waals surface area contributed by atoms with E-state index in [-0.39, 0.29) is 23.7 Å². The molecule has 1 fully saturated rings. The van der Waals surface area contributed by atoms with Crippen molar-refractivity contribution < 1.29 is 14.7 Å². The molecule has 1 aliphatic rings. The Morgan fingerprint density at radius 2 is 1.88 bits per heavy atom. The molecule has 0 spiro atoms. The first-order chi connectivity index (χ1) is 11.6. The number of benzene rings is 1. The number of para-hydroxylation sites is 1. The minimum Gasteiger partial charge on any atom is -0.481 e. The molecular formula is C17H17N3O4. The first-order valence-corrected chi connectivity index (χ1v) is 7.74. The van der Waals surface area contributed by atoms with Crippen LogP contribution in [0.15, 0.2) is 47.3 Å². The fourth-order valence-electron chi connectivity index (χ4n) is 2.80. The lowest BCUT2D eigenvalue weighted by molar-refractivity contribution is -0.143. The highest BCUT2D eigenvalue weighted by molar-refractivity contribution is 5.92. The molecule has 0 aliphatic carbocycles. The number of piperidine rings is 1. The summed E-state index contributed by atoms with van der Waals surface area (Å²) in [5, 5.41) is 13.3. The van der Waals surface area contributed by atoms with Crippen LogP contribution >= 0.6 is 0 Å². The number of hydrogen-bond acceptors (Lipinski definition) is 4. The Hall–Kier alpha value is -2.96. The normalized spacial score (nSPS) is 17.5. The largest absolute Gasteiger partial charge is 0.481 e. The van der Waals surface area contributed by atoms with Crippen molar-refractivity contribution in [3.63, 3.8) is 0 Å². The number of carbonyl (C=O) groups excluding carboxylic acids is 1. The Bertz CT molecular complexity index is 816. The molecule has 7 nitrogen and oxygen atoms in total. The van der Waals surface area contributed by atoms with Crippen molar-refractivity contribution in [3.8, 4) is 5.69 Å². The number of likely N-dealkylation sites (tertiary alicyclic amines) is 1. The Balaban J connectivity index is 1.88. The van der Waals surface area contributed by atoms with Gasteiger partial charge in [-0.05, 0) is 31.0 Å². The zero-order chi connectivity index (χ0) is 17.1. The van der Waals surface area contributed by atoms with Gasteiger partial charge in [0.05, 0.1) is 11.6 Å². The van der Waals surface area contributed by atoms with Gasteiger partial charge in [-0.2, -0.15) is 9.78 Å². The molecule has 1 amide bonds. The maximum absolute atomic E-state index is 12.6. The highest BCUT2D eigenvalue weighted by Crippen LogP contribution is 2.18. The summed E-state index contributed by atoms with van der Waals surface area (Å²) in [7, 11) is 0. The van der Waals surface area contributed by atoms with Gasteiger partial charge in [0.25, 0.3) is 11.5 Å². The molecule has 0 bridgehead atoms. The van der Waals surface area contributed by atoms with Crippen LogP contribution in [-0.2, 0) is 4.79 Å². The van der Waals surface area contributed by atoms with E-state index in [0.29, 0.717) is 25.1 Å². The van der Waals surface area contributed by atoms with E-state index in [1.807, 2.05) is 6.07 Å². The topological polar surface area (TPSA) is 92.5 Å². The summed E-state index contributed by atoms with van der Waals surface area (Å²) in [5.41, 5.74) is 0.364. The lowest BCUT2D eigenvalue weighted by atomic mass is 9.98. The minimum atomic E-state index is -0.894. The van der Waals surface area contributed by atoms with Gasteiger partial charge in [0.1, 0.15) is 5.69 Å². The van der Waals surface area contributed by atoms with Crippen LogP contribution in [0.1, 0.15) is 23.3 Å². The summed E-state index contributed by atoms with van der Waals surface area (Å²) in [4.78, 5) is 37.3. The van der Waals surface area contributed by atoms with Crippen molar-refractivity contribution in [1.29, 1.82) is 0 Å². The summed E-state index contributed by atoms with van der Waals surface area (Å²) in [6.07, 6.45) is 1.21. The molecule has 0 saturated carbocycles. The zero-order valence-corrected chi connectivity index (χ0v) is 13.0. The highest BCUT2D eigenvalue weighted by Gasteiger charge is 2.29. The maximum Gasteiger partial charge on any atom is 0.308 e. The predicted molar refractivity (Wildman–Crippen MR) is 86.1 cm³/mol. The second kappa shape index (κ2) is 6.66. The average Bonchev–Trinajstić information content (AvgIpc) is 2.62. The molecular weight excluding hydrogens is 310 g/mol. The summed E-state index contributed by atoms with van der Waals surface area (Å²) in [6.45, 7) is 0.662. The van der Waals surface area contributed by atoms with Crippen molar-refractivity contribution in [1.82, 2.24) is 14.7 Å². The first-order valence-electron chi connectivity index (χ1n) is 7.74. The summed E-state index contributed by atoms with van der Waals surface area (Å²) in [6, 6.07) is 11.5. The van der Waals surface area contributed by atoms with E-state index >= 15 is 0 Å². The van der Waals surface area contributed by atoms with Crippen molar-refractivity contribution in [2.75, 3.05) is 13.1 Å². The molecule has 24 heavy (non-hydrogen) atoms. The van der Waals surface area contributed by atoms with Crippen molar-refractivity contribution in [2.45, 2.75) is 12.8 Å². The van der Waals surface area contributed by atoms with Crippen LogP contribution in [-0.4, -0.2) is 44.8 Å². The fourth-order valence-corrected chi connectivity index (χ4v) is 2.80. The summed E-state index contributed by atoms with van der Waals surface area (Å²) in [5.74, 6) is -1.80. The van der Waals surface area contributed by atoms with Crippen molar-refractivity contribution in [3.05, 3.63) is 58.5 Å². The Kier molecular flexibility index (Phi) is 4.41. The molecule has 1 aromatic heterocycles. The van der Waals surface area contributed by atoms with Gasteiger partial charge in [-0.25, -0.2) is 0 Å². The number of aromatic nitrogens is 2. The van der Waals surface area contributed by atoms with Gasteiger partial charge in [-0.1, -0.05) is 18.2 Å². The Morgan fingerprint density at radius 3 is 2.58 bits per heavy atom. The van der Waals surface area contributed by atoms with Gasteiger partial charge in [0, 0.05) is 19.2 Å². The molecule has 1 N–H and O–H groups in total. The molecule has 3 rings (SSSR count). The molecule has 1 aliphatic heterocycles. The number of hydrogen-bond donors (Lipinski definition) is 1. The monoisotopic (exact) mass is 327 g/mol. The van der Waals surface area contributed by atoms with E-state index < -0.39 is 11.9 Å². The van der Waals surface area contributed by atoms with Gasteiger partial charge in [-0.15, -0.1) is 0 Å². The second-order valence-electron chi connectivity index (χ2n) is 5.73. The van der Waals surface area contributed by atoms with Crippen LogP contribution in [0.25, 0.3) is 5.69 Å². The molecule has 1 unspecified atom stereocenters. The second-order valence-corrected chi connectivity index (χ2v) is 5.73. The van der Waals surface area contributed by atoms with Gasteiger partial charge >= 0.3 is 5.97 Å². The standard InChI is InChI=1S/C17H17N3O4/c21-15-9-8-14(18-20(15)13-6-2-1-3-7-13)16(22)19-10-4-5-12(11-19)17(23)24/h1-3,6-9,12H,4-5,10-11H2,(H,23,24). The molecule has 0 radical (unpaired) electrons. The smallest absolute Gasteiger partial charge is 0.308 e. The quantitative estimate of drug-likeness (QED) is 0.913. The number of nitrogens with zero attached hydrogens (tertiary/aromatic N) is 3. The predicted octanol–water partition coefficient (Wildman–Crippen LogP) is 1.17. The Morgan fingerprint density at radius 1 is 1.12 bits per heavy atom. The van der Waals surface area contributed by atoms with Crippen LogP contribution in [0.5, 0.6) is 0 Å². The number of carbonyl (C=O) groups is 2. The van der Waals surface area contributed by atoms with Crippen LogP contribution < -0.4 is 5.56 Å². The lowest BCUT2D eigenvalue weighted by Gasteiger charge is -2.30. The van der Waals surface area contributed by atoms with E-state index in [2.05, 4.69) is 5.10 Å².